The number of rotatable bonds is 4. The second-order valence-electron chi connectivity index (χ2n) is 7.25. The van der Waals surface area contributed by atoms with Crippen LogP contribution in [0.2, 0.25) is 0 Å². The van der Waals surface area contributed by atoms with Crippen molar-refractivity contribution in [3.05, 3.63) is 59.7 Å². The summed E-state index contributed by atoms with van der Waals surface area (Å²) in [5, 5.41) is 0. The Bertz CT molecular complexity index is 620. The quantitative estimate of drug-likeness (QED) is 0.675. The van der Waals surface area contributed by atoms with Crippen molar-refractivity contribution >= 4 is 7.26 Å². The molecule has 2 atom stereocenters. The molecule has 0 aliphatic carbocycles. The molecule has 0 radical (unpaired) electrons. The summed E-state index contributed by atoms with van der Waals surface area (Å²) < 4.78 is 0. The van der Waals surface area contributed by atoms with Crippen LogP contribution in [0.5, 0.6) is 0 Å². The summed E-state index contributed by atoms with van der Waals surface area (Å²) in [5.41, 5.74) is 7.83. The summed E-state index contributed by atoms with van der Waals surface area (Å²) in [4.78, 5) is 0. The lowest BCUT2D eigenvalue weighted by Gasteiger charge is -2.37. The molecule has 0 aromatic heterocycles. The van der Waals surface area contributed by atoms with Gasteiger partial charge in [-0.1, -0.05) is 62.4 Å². The van der Waals surface area contributed by atoms with Gasteiger partial charge in [0.05, 0.1) is 23.6 Å². The summed E-state index contributed by atoms with van der Waals surface area (Å²) >= 11 is 0. The molecule has 1 aliphatic heterocycles. The first kappa shape index (κ1) is 19.7. The van der Waals surface area contributed by atoms with E-state index in [2.05, 4.69) is 76.2 Å². The second kappa shape index (κ2) is 8.15. The Morgan fingerprint density at radius 3 is 1.50 bits per heavy atom. The molecule has 3 rings (SSSR count). The van der Waals surface area contributed by atoms with Gasteiger partial charge in [-0.2, -0.15) is 0 Å². The van der Waals surface area contributed by atoms with Crippen molar-refractivity contribution in [3.8, 4) is 11.1 Å². The van der Waals surface area contributed by atoms with E-state index >= 15 is 0 Å². The minimum atomic E-state index is -1.08. The van der Waals surface area contributed by atoms with Crippen molar-refractivity contribution in [2.75, 3.05) is 0 Å². The van der Waals surface area contributed by atoms with Gasteiger partial charge in [0.25, 0.3) is 0 Å². The predicted octanol–water partition coefficient (Wildman–Crippen LogP) is 3.99. The van der Waals surface area contributed by atoms with Gasteiger partial charge in [-0.05, 0) is 48.9 Å². The normalized spacial score (nSPS) is 17.7. The molecule has 0 saturated carbocycles. The minimum Gasteiger partial charge on any atom is -1.00 e. The van der Waals surface area contributed by atoms with Crippen molar-refractivity contribution in [3.63, 3.8) is 0 Å². The molecule has 1 aliphatic rings. The Hall–Kier alpha value is -0.650. The topological polar surface area (TPSA) is 0 Å². The zero-order chi connectivity index (χ0) is 16.4. The van der Waals surface area contributed by atoms with Gasteiger partial charge in [-0.3, -0.25) is 0 Å². The van der Waals surface area contributed by atoms with E-state index in [0.29, 0.717) is 0 Å². The lowest BCUT2D eigenvalue weighted by molar-refractivity contribution is -0.00000492. The van der Waals surface area contributed by atoms with Gasteiger partial charge in [0.2, 0.25) is 0 Å². The summed E-state index contributed by atoms with van der Waals surface area (Å²) in [6.45, 7) is 9.82. The highest BCUT2D eigenvalue weighted by Crippen LogP contribution is 2.74. The van der Waals surface area contributed by atoms with E-state index in [9.17, 15) is 0 Å². The second-order valence-corrected chi connectivity index (χ2v) is 11.8. The van der Waals surface area contributed by atoms with Crippen molar-refractivity contribution in [2.24, 2.45) is 0 Å². The Morgan fingerprint density at radius 2 is 1.12 bits per heavy atom. The highest BCUT2D eigenvalue weighted by Gasteiger charge is 2.48. The first-order chi connectivity index (χ1) is 11.1. The summed E-state index contributed by atoms with van der Waals surface area (Å²) in [6, 6.07) is 18.3. The monoisotopic (exact) mass is 404 g/mol. The van der Waals surface area contributed by atoms with Crippen molar-refractivity contribution in [1.29, 1.82) is 0 Å². The Balaban J connectivity index is 0.00000208. The third-order valence-corrected chi connectivity index (χ3v) is 12.3. The molecule has 2 aromatic carbocycles. The van der Waals surface area contributed by atoms with Crippen LogP contribution in [0.1, 0.15) is 51.7 Å². The van der Waals surface area contributed by atoms with Crippen molar-refractivity contribution in [2.45, 2.75) is 64.2 Å². The maximum absolute atomic E-state index is 2.52. The molecule has 0 N–H and O–H groups in total. The molecule has 2 unspecified atom stereocenters. The molecule has 2 aromatic rings. The minimum absolute atomic E-state index is 0. The van der Waals surface area contributed by atoms with E-state index in [4.69, 9.17) is 0 Å². The number of benzene rings is 2. The summed E-state index contributed by atoms with van der Waals surface area (Å²) in [6.07, 6.45) is 5.26. The predicted molar refractivity (Wildman–Crippen MR) is 106 cm³/mol. The van der Waals surface area contributed by atoms with Crippen LogP contribution in [-0.2, 0) is 12.3 Å². The average molecular weight is 405 g/mol. The van der Waals surface area contributed by atoms with Crippen molar-refractivity contribution < 1.29 is 17.0 Å². The van der Waals surface area contributed by atoms with Crippen LogP contribution in [0, 0.1) is 0 Å². The van der Waals surface area contributed by atoms with Gasteiger partial charge in [-0.15, -0.1) is 0 Å². The molecule has 130 valence electrons. The standard InChI is InChI=1S/C22H30P.BrH/c1-5-17(3)23(18(4)6-2)15-19-11-7-9-13-21(19)22-14-10-8-12-20(22)16-23;/h7-14,17-18H,5-6,15-16H2,1-4H3;1H/q+1;/p-1. The third-order valence-electron chi connectivity index (χ3n) is 6.19. The fraction of sp³-hybridized carbons (Fsp3) is 0.455. The van der Waals surface area contributed by atoms with Gasteiger partial charge in [-0.25, -0.2) is 0 Å². The SMILES string of the molecule is CCC(C)[P+]1(C(C)CC)Cc2ccccc2-c2ccccc2C1.[Br-]. The lowest BCUT2D eigenvalue weighted by Crippen LogP contribution is -3.00. The van der Waals surface area contributed by atoms with Crippen LogP contribution in [0.4, 0.5) is 0 Å². The van der Waals surface area contributed by atoms with Crippen LogP contribution in [0.25, 0.3) is 11.1 Å². The number of hydrogen-bond acceptors (Lipinski definition) is 0. The molecule has 24 heavy (non-hydrogen) atoms. The molecule has 0 nitrogen and oxygen atoms in total. The first-order valence-corrected chi connectivity index (χ1v) is 11.4. The molecule has 1 heterocycles. The lowest BCUT2D eigenvalue weighted by atomic mass is 9.97. The fourth-order valence-electron chi connectivity index (χ4n) is 4.32. The Kier molecular flexibility index (Phi) is 6.68. The molecule has 0 amide bonds. The highest BCUT2D eigenvalue weighted by atomic mass is 79.9. The molecule has 0 bridgehead atoms. The van der Waals surface area contributed by atoms with Gasteiger partial charge >= 0.3 is 0 Å². The van der Waals surface area contributed by atoms with Gasteiger partial charge in [0.15, 0.2) is 0 Å². The average Bonchev–Trinajstić information content (AvgIpc) is 2.75. The fourth-order valence-corrected chi connectivity index (χ4v) is 9.82. The van der Waals surface area contributed by atoms with Gasteiger partial charge < -0.3 is 17.0 Å². The third kappa shape index (κ3) is 3.35. The molecule has 0 saturated heterocycles. The maximum Gasteiger partial charge on any atom is 0.0857 e. The zero-order valence-corrected chi connectivity index (χ0v) is 17.9. The van der Waals surface area contributed by atoms with E-state index in [1.54, 1.807) is 11.1 Å². The number of fused-ring (bicyclic) bond motifs is 3. The molecular weight excluding hydrogens is 375 g/mol. The number of halogens is 1. The van der Waals surface area contributed by atoms with E-state index in [0.717, 1.165) is 11.3 Å². The smallest absolute Gasteiger partial charge is 0.0857 e. The molecule has 0 spiro atoms. The van der Waals surface area contributed by atoms with E-state index in [1.807, 2.05) is 0 Å². The maximum atomic E-state index is 2.52. The van der Waals surface area contributed by atoms with Crippen LogP contribution < -0.4 is 17.0 Å². The van der Waals surface area contributed by atoms with Gasteiger partial charge in [0.1, 0.15) is 0 Å². The Labute approximate surface area is 159 Å². The van der Waals surface area contributed by atoms with Gasteiger partial charge in [0, 0.05) is 7.26 Å². The summed E-state index contributed by atoms with van der Waals surface area (Å²) in [5.74, 6) is 0. The van der Waals surface area contributed by atoms with Crippen LogP contribution >= 0.6 is 7.26 Å². The molecular formula is C22H30BrP. The van der Waals surface area contributed by atoms with Crippen molar-refractivity contribution in [1.82, 2.24) is 0 Å². The molecule has 2 heteroatoms. The van der Waals surface area contributed by atoms with Crippen LogP contribution in [-0.4, -0.2) is 11.3 Å². The van der Waals surface area contributed by atoms with E-state index in [1.165, 1.54) is 36.3 Å². The number of hydrogen-bond donors (Lipinski definition) is 0. The Morgan fingerprint density at radius 1 is 0.750 bits per heavy atom. The van der Waals surface area contributed by atoms with E-state index < -0.39 is 7.26 Å². The first-order valence-electron chi connectivity index (χ1n) is 9.15. The largest absolute Gasteiger partial charge is 1.00 e. The molecule has 0 fully saturated rings. The van der Waals surface area contributed by atoms with E-state index in [-0.39, 0.29) is 17.0 Å². The highest BCUT2D eigenvalue weighted by molar-refractivity contribution is 7.75. The van der Waals surface area contributed by atoms with Crippen LogP contribution in [0.3, 0.4) is 0 Å². The summed E-state index contributed by atoms with van der Waals surface area (Å²) in [7, 11) is -1.08. The van der Waals surface area contributed by atoms with Crippen LogP contribution in [0.15, 0.2) is 48.5 Å². The zero-order valence-electron chi connectivity index (χ0n) is 15.4.